The molecule has 1 aromatic heterocycles. The van der Waals surface area contributed by atoms with Crippen LogP contribution in [0.3, 0.4) is 0 Å². The van der Waals surface area contributed by atoms with E-state index in [-0.39, 0.29) is 29.6 Å². The summed E-state index contributed by atoms with van der Waals surface area (Å²) in [5.41, 5.74) is 2.38. The third-order valence-corrected chi connectivity index (χ3v) is 8.33. The van der Waals surface area contributed by atoms with Crippen molar-refractivity contribution in [1.82, 2.24) is 4.98 Å². The molecule has 2 N–H and O–H groups in total. The van der Waals surface area contributed by atoms with E-state index in [1.165, 1.54) is 23.5 Å². The fraction of sp³-hybridized carbons (Fsp3) is 0.273. The van der Waals surface area contributed by atoms with Crippen LogP contribution in [-0.2, 0) is 26.8 Å². The first-order chi connectivity index (χ1) is 15.4. The number of sulfone groups is 1. The molecule has 0 bridgehead atoms. The van der Waals surface area contributed by atoms with Crippen LogP contribution in [0.5, 0.6) is 0 Å². The van der Waals surface area contributed by atoms with Gasteiger partial charge in [0.2, 0.25) is 5.91 Å². The van der Waals surface area contributed by atoms with Crippen molar-refractivity contribution in [2.45, 2.75) is 29.5 Å². The smallest absolute Gasteiger partial charge is 0.247 e. The Morgan fingerprint density at radius 2 is 2.03 bits per heavy atom. The number of anilines is 2. The van der Waals surface area contributed by atoms with Crippen LogP contribution in [0, 0.1) is 0 Å². The quantitative estimate of drug-likeness (QED) is 0.500. The van der Waals surface area contributed by atoms with E-state index in [2.05, 4.69) is 10.3 Å². The number of thiazole rings is 1. The van der Waals surface area contributed by atoms with Crippen molar-refractivity contribution in [3.8, 4) is 0 Å². The number of nitrogens with zero attached hydrogens (tertiary/aromatic N) is 2. The Kier molecular flexibility index (Phi) is 6.80. The predicted molar refractivity (Wildman–Crippen MR) is 126 cm³/mol. The second-order valence-electron chi connectivity index (χ2n) is 7.41. The summed E-state index contributed by atoms with van der Waals surface area (Å²) in [5, 5.41) is 15.3. The summed E-state index contributed by atoms with van der Waals surface area (Å²) in [6.07, 6.45) is 2.57. The van der Waals surface area contributed by atoms with Gasteiger partial charge in [-0.15, -0.1) is 11.3 Å². The van der Waals surface area contributed by atoms with Gasteiger partial charge in [0, 0.05) is 41.1 Å². The highest BCUT2D eigenvalue weighted by molar-refractivity contribution is 7.90. The summed E-state index contributed by atoms with van der Waals surface area (Å²) in [6, 6.07) is 11.1. The summed E-state index contributed by atoms with van der Waals surface area (Å²) >= 11 is 7.58. The standard InChI is InChI=1S/C22H22ClN3O4S2/c23-18-2-1-3-19-17(18)8-11-26(19)20(9-12-27)22(28)25-15-4-6-16(7-5-15)32(29,30)14-21-24-10-13-31-21/h1-7,10,13,20,27H,8-9,11-12,14H2,(H,25,28)/t20-/m0/s1. The first kappa shape index (κ1) is 22.7. The van der Waals surface area contributed by atoms with Crippen LogP contribution in [0.4, 0.5) is 11.4 Å². The maximum Gasteiger partial charge on any atom is 0.247 e. The fourth-order valence-electron chi connectivity index (χ4n) is 3.83. The normalized spacial score (nSPS) is 14.2. The third kappa shape index (κ3) is 4.80. The zero-order chi connectivity index (χ0) is 22.7. The van der Waals surface area contributed by atoms with E-state index < -0.39 is 15.9 Å². The molecule has 2 aromatic carbocycles. The van der Waals surface area contributed by atoms with Gasteiger partial charge in [0.1, 0.15) is 16.8 Å². The molecule has 0 saturated carbocycles. The van der Waals surface area contributed by atoms with Crippen molar-refractivity contribution in [2.24, 2.45) is 0 Å². The monoisotopic (exact) mass is 491 g/mol. The minimum atomic E-state index is -3.52. The molecule has 0 aliphatic carbocycles. The molecule has 1 amide bonds. The molecular weight excluding hydrogens is 470 g/mol. The van der Waals surface area contributed by atoms with Crippen molar-refractivity contribution >= 4 is 50.1 Å². The van der Waals surface area contributed by atoms with Gasteiger partial charge in [0.05, 0.1) is 4.90 Å². The lowest BCUT2D eigenvalue weighted by Crippen LogP contribution is -2.44. The van der Waals surface area contributed by atoms with E-state index in [0.717, 1.165) is 17.7 Å². The molecule has 0 spiro atoms. The number of amides is 1. The number of carbonyl (C=O) groups excluding carboxylic acids is 1. The Balaban J connectivity index is 1.48. The minimum absolute atomic E-state index is 0.140. The molecule has 3 aromatic rings. The molecule has 1 aliphatic heterocycles. The summed E-state index contributed by atoms with van der Waals surface area (Å²) in [4.78, 5) is 19.2. The van der Waals surface area contributed by atoms with Gasteiger partial charge in [-0.05, 0) is 54.8 Å². The number of benzene rings is 2. The van der Waals surface area contributed by atoms with Crippen molar-refractivity contribution in [1.29, 1.82) is 0 Å². The molecule has 2 heterocycles. The van der Waals surface area contributed by atoms with Gasteiger partial charge in [0.15, 0.2) is 9.84 Å². The molecule has 0 fully saturated rings. The molecule has 7 nitrogen and oxygen atoms in total. The lowest BCUT2D eigenvalue weighted by molar-refractivity contribution is -0.117. The van der Waals surface area contributed by atoms with E-state index in [1.54, 1.807) is 23.7 Å². The Bertz CT molecular complexity index is 1200. The van der Waals surface area contributed by atoms with Gasteiger partial charge in [-0.1, -0.05) is 17.7 Å². The number of aliphatic hydroxyl groups is 1. The predicted octanol–water partition coefficient (Wildman–Crippen LogP) is 3.52. The van der Waals surface area contributed by atoms with Gasteiger partial charge in [0.25, 0.3) is 0 Å². The maximum absolute atomic E-state index is 13.1. The zero-order valence-electron chi connectivity index (χ0n) is 17.1. The minimum Gasteiger partial charge on any atom is -0.396 e. The van der Waals surface area contributed by atoms with Crippen LogP contribution in [0.1, 0.15) is 17.0 Å². The highest BCUT2D eigenvalue weighted by Gasteiger charge is 2.31. The van der Waals surface area contributed by atoms with Crippen molar-refractivity contribution < 1.29 is 18.3 Å². The number of fused-ring (bicyclic) bond motifs is 1. The average molecular weight is 492 g/mol. The second kappa shape index (κ2) is 9.58. The number of nitrogens with one attached hydrogen (secondary N) is 1. The van der Waals surface area contributed by atoms with Crippen LogP contribution in [0.25, 0.3) is 0 Å². The van der Waals surface area contributed by atoms with E-state index in [1.807, 2.05) is 23.1 Å². The molecule has 32 heavy (non-hydrogen) atoms. The lowest BCUT2D eigenvalue weighted by atomic mass is 10.1. The average Bonchev–Trinajstić information content (AvgIpc) is 3.42. The SMILES string of the molecule is O=C(Nc1ccc(S(=O)(=O)Cc2nccs2)cc1)[C@H](CCO)N1CCc2c(Cl)cccc21. The first-order valence-electron chi connectivity index (χ1n) is 10.1. The highest BCUT2D eigenvalue weighted by Crippen LogP contribution is 2.35. The van der Waals surface area contributed by atoms with Gasteiger partial charge < -0.3 is 15.3 Å². The highest BCUT2D eigenvalue weighted by atomic mass is 35.5. The number of rotatable bonds is 8. The summed E-state index contributed by atoms with van der Waals surface area (Å²) < 4.78 is 25.2. The van der Waals surface area contributed by atoms with Crippen molar-refractivity contribution in [3.63, 3.8) is 0 Å². The Morgan fingerprint density at radius 3 is 2.72 bits per heavy atom. The van der Waals surface area contributed by atoms with Gasteiger partial charge in [-0.25, -0.2) is 13.4 Å². The van der Waals surface area contributed by atoms with Crippen LogP contribution >= 0.6 is 22.9 Å². The number of hydrogen-bond acceptors (Lipinski definition) is 7. The molecule has 0 unspecified atom stereocenters. The van der Waals surface area contributed by atoms with E-state index in [4.69, 9.17) is 11.6 Å². The summed E-state index contributed by atoms with van der Waals surface area (Å²) in [5.74, 6) is -0.434. The number of carbonyl (C=O) groups is 1. The fourth-order valence-corrected chi connectivity index (χ4v) is 6.35. The molecule has 1 aliphatic rings. The van der Waals surface area contributed by atoms with E-state index >= 15 is 0 Å². The molecule has 168 valence electrons. The topological polar surface area (TPSA) is 99.6 Å². The van der Waals surface area contributed by atoms with Gasteiger partial charge in [-0.3, -0.25) is 4.79 Å². The van der Waals surface area contributed by atoms with Crippen LogP contribution < -0.4 is 10.2 Å². The Labute approximate surface area is 195 Å². The van der Waals surface area contributed by atoms with Crippen molar-refractivity contribution in [3.05, 3.63) is 69.6 Å². The summed E-state index contributed by atoms with van der Waals surface area (Å²) in [6.45, 7) is 0.490. The zero-order valence-corrected chi connectivity index (χ0v) is 19.5. The molecule has 0 radical (unpaired) electrons. The first-order valence-corrected chi connectivity index (χ1v) is 13.0. The van der Waals surface area contributed by atoms with Gasteiger partial charge in [-0.2, -0.15) is 0 Å². The maximum atomic E-state index is 13.1. The van der Waals surface area contributed by atoms with Crippen LogP contribution in [-0.4, -0.2) is 43.6 Å². The number of hydrogen-bond donors (Lipinski definition) is 2. The summed E-state index contributed by atoms with van der Waals surface area (Å²) in [7, 11) is -3.52. The molecule has 0 saturated heterocycles. The molecule has 1 atom stereocenters. The van der Waals surface area contributed by atoms with Crippen molar-refractivity contribution in [2.75, 3.05) is 23.4 Å². The number of halogens is 1. The van der Waals surface area contributed by atoms with E-state index in [9.17, 15) is 18.3 Å². The van der Waals surface area contributed by atoms with Crippen LogP contribution in [0.2, 0.25) is 5.02 Å². The van der Waals surface area contributed by atoms with Gasteiger partial charge >= 0.3 is 0 Å². The second-order valence-corrected chi connectivity index (χ2v) is 10.8. The Hall–Kier alpha value is -2.46. The molecular formula is C22H22ClN3O4S2. The molecule has 4 rings (SSSR count). The van der Waals surface area contributed by atoms with E-state index in [0.29, 0.717) is 22.3 Å². The Morgan fingerprint density at radius 1 is 1.25 bits per heavy atom. The molecule has 10 heteroatoms. The number of aliphatic hydroxyl groups excluding tert-OH is 1. The lowest BCUT2D eigenvalue weighted by Gasteiger charge is -2.29. The largest absolute Gasteiger partial charge is 0.396 e. The van der Waals surface area contributed by atoms with Crippen LogP contribution in [0.15, 0.2) is 58.9 Å². The third-order valence-electron chi connectivity index (χ3n) is 5.37. The number of aromatic nitrogens is 1.